The first-order valence-electron chi connectivity index (χ1n) is 7.91. The maximum absolute atomic E-state index is 10.2. The van der Waals surface area contributed by atoms with Crippen LogP contribution in [0.15, 0.2) is 18.2 Å². The predicted octanol–water partition coefficient (Wildman–Crippen LogP) is 2.28. The topological polar surface area (TPSA) is 52.9 Å². The highest BCUT2D eigenvalue weighted by atomic mass is 16.5. The quantitative estimate of drug-likeness (QED) is 0.897. The van der Waals surface area contributed by atoms with Gasteiger partial charge in [-0.25, -0.2) is 0 Å². The lowest BCUT2D eigenvalue weighted by Crippen LogP contribution is -2.47. The van der Waals surface area contributed by atoms with Crippen molar-refractivity contribution in [2.45, 2.75) is 50.2 Å². The Labute approximate surface area is 126 Å². The van der Waals surface area contributed by atoms with Crippen LogP contribution in [0.25, 0.3) is 0 Å². The standard InChI is InChI=1S/C17H25NO3/c1-3-21-15-5-4-12(10-14(15)20)17-7-6-13(19)11-16(17)18(2)9-8-17/h4-5,10,13,16,19-20H,3,6-9,11H2,1-2H3/t13-,16-,17-/m0/s1. The van der Waals surface area contributed by atoms with Crippen molar-refractivity contribution in [3.63, 3.8) is 0 Å². The number of likely N-dealkylation sites (tertiary alicyclic amines) is 1. The molecule has 21 heavy (non-hydrogen) atoms. The summed E-state index contributed by atoms with van der Waals surface area (Å²) in [6, 6.07) is 6.20. The Balaban J connectivity index is 1.95. The third-order valence-corrected chi connectivity index (χ3v) is 5.33. The first kappa shape index (κ1) is 14.7. The molecule has 1 aromatic rings. The molecule has 4 heteroatoms. The van der Waals surface area contributed by atoms with Crippen molar-refractivity contribution in [3.8, 4) is 11.5 Å². The van der Waals surface area contributed by atoms with Crippen LogP contribution in [-0.4, -0.2) is 47.5 Å². The smallest absolute Gasteiger partial charge is 0.160 e. The van der Waals surface area contributed by atoms with Crippen molar-refractivity contribution in [2.24, 2.45) is 0 Å². The van der Waals surface area contributed by atoms with Gasteiger partial charge in [0.25, 0.3) is 0 Å². The second kappa shape index (κ2) is 5.50. The Bertz CT molecular complexity index is 519. The molecule has 3 rings (SSSR count). The highest BCUT2D eigenvalue weighted by Gasteiger charge is 2.50. The van der Waals surface area contributed by atoms with Crippen LogP contribution in [0.4, 0.5) is 0 Å². The molecule has 1 saturated carbocycles. The highest BCUT2D eigenvalue weighted by molar-refractivity contribution is 5.45. The molecule has 1 saturated heterocycles. The Kier molecular flexibility index (Phi) is 3.84. The number of ether oxygens (including phenoxy) is 1. The second-order valence-electron chi connectivity index (χ2n) is 6.45. The molecule has 0 unspecified atom stereocenters. The van der Waals surface area contributed by atoms with Crippen LogP contribution in [0.3, 0.4) is 0 Å². The van der Waals surface area contributed by atoms with E-state index in [0.717, 1.165) is 32.2 Å². The SMILES string of the molecule is CCOc1ccc([C@@]23CC[C@H](O)C[C@@H]2N(C)CC3)cc1O. The van der Waals surface area contributed by atoms with Crippen molar-refractivity contribution in [1.29, 1.82) is 0 Å². The third kappa shape index (κ3) is 2.40. The molecule has 1 aliphatic carbocycles. The summed E-state index contributed by atoms with van der Waals surface area (Å²) in [6.07, 6.45) is 3.55. The molecule has 4 nitrogen and oxygen atoms in total. The summed E-state index contributed by atoms with van der Waals surface area (Å²) in [5.41, 5.74) is 1.25. The number of benzene rings is 1. The summed E-state index contributed by atoms with van der Waals surface area (Å²) in [5.74, 6) is 0.777. The van der Waals surface area contributed by atoms with Crippen molar-refractivity contribution < 1.29 is 14.9 Å². The van der Waals surface area contributed by atoms with Crippen LogP contribution >= 0.6 is 0 Å². The molecular formula is C17H25NO3. The van der Waals surface area contributed by atoms with Gasteiger partial charge in [0.1, 0.15) is 0 Å². The second-order valence-corrected chi connectivity index (χ2v) is 6.45. The van der Waals surface area contributed by atoms with E-state index in [4.69, 9.17) is 4.74 Å². The summed E-state index contributed by atoms with van der Waals surface area (Å²) in [6.45, 7) is 3.51. The van der Waals surface area contributed by atoms with Gasteiger partial charge in [-0.15, -0.1) is 0 Å². The zero-order valence-electron chi connectivity index (χ0n) is 12.9. The van der Waals surface area contributed by atoms with E-state index < -0.39 is 0 Å². The van der Waals surface area contributed by atoms with Crippen molar-refractivity contribution >= 4 is 0 Å². The van der Waals surface area contributed by atoms with Crippen molar-refractivity contribution in [3.05, 3.63) is 23.8 Å². The monoisotopic (exact) mass is 291 g/mol. The van der Waals surface area contributed by atoms with E-state index in [9.17, 15) is 10.2 Å². The third-order valence-electron chi connectivity index (χ3n) is 5.33. The molecule has 1 aliphatic heterocycles. The minimum atomic E-state index is -0.194. The number of aromatic hydroxyl groups is 1. The summed E-state index contributed by atoms with van der Waals surface area (Å²) in [7, 11) is 2.14. The molecule has 3 atom stereocenters. The fourth-order valence-corrected chi connectivity index (χ4v) is 4.20. The number of rotatable bonds is 3. The Morgan fingerprint density at radius 1 is 1.38 bits per heavy atom. The minimum absolute atomic E-state index is 0.0657. The first-order chi connectivity index (χ1) is 10.1. The number of phenols is 1. The fourth-order valence-electron chi connectivity index (χ4n) is 4.20. The lowest BCUT2D eigenvalue weighted by molar-refractivity contribution is 0.0566. The Morgan fingerprint density at radius 3 is 2.90 bits per heavy atom. The van der Waals surface area contributed by atoms with E-state index in [0.29, 0.717) is 18.4 Å². The summed E-state index contributed by atoms with van der Waals surface area (Å²) < 4.78 is 5.43. The molecule has 0 amide bonds. The zero-order chi connectivity index (χ0) is 15.0. The first-order valence-corrected chi connectivity index (χ1v) is 7.91. The van der Waals surface area contributed by atoms with Gasteiger partial charge in [0.05, 0.1) is 12.7 Å². The normalized spacial score (nSPS) is 32.9. The molecule has 0 radical (unpaired) electrons. The van der Waals surface area contributed by atoms with Gasteiger partial charge < -0.3 is 19.8 Å². The minimum Gasteiger partial charge on any atom is -0.504 e. The number of fused-ring (bicyclic) bond motifs is 1. The molecule has 0 bridgehead atoms. The Hall–Kier alpha value is -1.26. The average molecular weight is 291 g/mol. The van der Waals surface area contributed by atoms with Crippen LogP contribution < -0.4 is 4.74 Å². The van der Waals surface area contributed by atoms with Gasteiger partial charge in [0.15, 0.2) is 11.5 Å². The van der Waals surface area contributed by atoms with Gasteiger partial charge in [0, 0.05) is 11.5 Å². The van der Waals surface area contributed by atoms with E-state index in [1.807, 2.05) is 19.1 Å². The predicted molar refractivity (Wildman–Crippen MR) is 81.8 cm³/mol. The number of likely N-dealkylation sites (N-methyl/N-ethyl adjacent to an activating group) is 1. The largest absolute Gasteiger partial charge is 0.504 e. The maximum atomic E-state index is 10.2. The molecule has 2 fully saturated rings. The van der Waals surface area contributed by atoms with E-state index >= 15 is 0 Å². The van der Waals surface area contributed by atoms with Crippen LogP contribution in [0.1, 0.15) is 38.2 Å². The number of aliphatic hydroxyl groups is 1. The van der Waals surface area contributed by atoms with Crippen LogP contribution in [-0.2, 0) is 5.41 Å². The van der Waals surface area contributed by atoms with Crippen molar-refractivity contribution in [2.75, 3.05) is 20.2 Å². The lowest BCUT2D eigenvalue weighted by Gasteiger charge is -2.43. The zero-order valence-corrected chi connectivity index (χ0v) is 12.9. The van der Waals surface area contributed by atoms with Gasteiger partial charge in [-0.2, -0.15) is 0 Å². The molecule has 116 valence electrons. The van der Waals surface area contributed by atoms with Gasteiger partial charge >= 0.3 is 0 Å². The van der Waals surface area contributed by atoms with Crippen LogP contribution in [0, 0.1) is 0 Å². The molecule has 1 aromatic carbocycles. The fraction of sp³-hybridized carbons (Fsp3) is 0.647. The van der Waals surface area contributed by atoms with Crippen LogP contribution in [0.2, 0.25) is 0 Å². The number of phenolic OH excluding ortho intramolecular Hbond substituents is 1. The Morgan fingerprint density at radius 2 is 2.19 bits per heavy atom. The molecule has 2 N–H and O–H groups in total. The number of nitrogens with zero attached hydrogens (tertiary/aromatic N) is 1. The molecule has 2 aliphatic rings. The van der Waals surface area contributed by atoms with Gasteiger partial charge in [0.2, 0.25) is 0 Å². The van der Waals surface area contributed by atoms with Crippen molar-refractivity contribution in [1.82, 2.24) is 4.90 Å². The van der Waals surface area contributed by atoms with Gasteiger partial charge in [-0.1, -0.05) is 6.07 Å². The maximum Gasteiger partial charge on any atom is 0.160 e. The molecular weight excluding hydrogens is 266 g/mol. The molecule has 0 spiro atoms. The number of aliphatic hydroxyl groups excluding tert-OH is 1. The van der Waals surface area contributed by atoms with E-state index in [1.54, 1.807) is 0 Å². The van der Waals surface area contributed by atoms with Gasteiger partial charge in [-0.3, -0.25) is 0 Å². The highest BCUT2D eigenvalue weighted by Crippen LogP contribution is 2.49. The van der Waals surface area contributed by atoms with E-state index in [-0.39, 0.29) is 17.3 Å². The average Bonchev–Trinajstić information content (AvgIpc) is 2.80. The summed E-state index contributed by atoms with van der Waals surface area (Å²) in [4.78, 5) is 2.36. The molecule has 1 heterocycles. The summed E-state index contributed by atoms with van der Waals surface area (Å²) in [5, 5.41) is 20.2. The van der Waals surface area contributed by atoms with E-state index in [1.165, 1.54) is 5.56 Å². The number of hydrogen-bond acceptors (Lipinski definition) is 4. The number of hydrogen-bond donors (Lipinski definition) is 2. The van der Waals surface area contributed by atoms with Gasteiger partial charge in [-0.05, 0) is 63.9 Å². The lowest BCUT2D eigenvalue weighted by atomic mass is 9.65. The van der Waals surface area contributed by atoms with Crippen LogP contribution in [0.5, 0.6) is 11.5 Å². The summed E-state index contributed by atoms with van der Waals surface area (Å²) >= 11 is 0. The molecule has 0 aromatic heterocycles. The van der Waals surface area contributed by atoms with E-state index in [2.05, 4.69) is 18.0 Å².